The molecular formula is C23H23NO8. The first kappa shape index (κ1) is 23.1. The molecule has 1 aromatic heterocycles. The zero-order valence-electron chi connectivity index (χ0n) is 17.7. The molecule has 9 heteroatoms. The van der Waals surface area contributed by atoms with Gasteiger partial charge in [0.25, 0.3) is 0 Å². The summed E-state index contributed by atoms with van der Waals surface area (Å²) in [4.78, 5) is 61.1. The lowest BCUT2D eigenvalue weighted by atomic mass is 9.88. The maximum absolute atomic E-state index is 12.6. The zero-order chi connectivity index (χ0) is 23.4. The van der Waals surface area contributed by atoms with Crippen LogP contribution >= 0.6 is 0 Å². The minimum atomic E-state index is -0.810. The second-order valence-corrected chi connectivity index (χ2v) is 7.67. The molecule has 1 aliphatic rings. The van der Waals surface area contributed by atoms with E-state index in [4.69, 9.17) is 19.6 Å². The third-order valence-corrected chi connectivity index (χ3v) is 4.97. The molecule has 32 heavy (non-hydrogen) atoms. The summed E-state index contributed by atoms with van der Waals surface area (Å²) >= 11 is 0. The summed E-state index contributed by atoms with van der Waals surface area (Å²) in [6.45, 7) is 3.56. The number of Topliss-reactive ketones (excluding diaryl/α,β-unsaturated/α-hetero) is 1. The Labute approximate surface area is 183 Å². The summed E-state index contributed by atoms with van der Waals surface area (Å²) in [6.07, 6.45) is -0.382. The lowest BCUT2D eigenvalue weighted by molar-refractivity contribution is -0.147. The van der Waals surface area contributed by atoms with Gasteiger partial charge in [0.15, 0.2) is 17.3 Å². The van der Waals surface area contributed by atoms with Gasteiger partial charge in [0.2, 0.25) is 11.6 Å². The van der Waals surface area contributed by atoms with E-state index in [-0.39, 0.29) is 53.8 Å². The topological polar surface area (TPSA) is 143 Å². The highest BCUT2D eigenvalue weighted by Gasteiger charge is 2.34. The summed E-state index contributed by atoms with van der Waals surface area (Å²) in [5.74, 6) is -3.52. The van der Waals surface area contributed by atoms with Gasteiger partial charge in [-0.05, 0) is 12.0 Å². The standard InChI is InChI=1S/C23H23NO8/c1-12(2)19(24)23(29)31-9-5-8-30-18(26)11-16(25)17-10-15-20(27)13-6-3-4-7-14(13)21(28)22(15)32-17/h3-4,6-7,10,12,19H,5,8-9,11,24H2,1-2H3/t19-/m0/s1. The van der Waals surface area contributed by atoms with Crippen molar-refractivity contribution < 1.29 is 37.9 Å². The number of fused-ring (bicyclic) bond motifs is 2. The molecule has 0 saturated carbocycles. The fourth-order valence-electron chi connectivity index (χ4n) is 3.07. The van der Waals surface area contributed by atoms with Crippen LogP contribution in [0.1, 0.15) is 69.3 Å². The predicted octanol–water partition coefficient (Wildman–Crippen LogP) is 2.09. The Morgan fingerprint density at radius 1 is 0.969 bits per heavy atom. The van der Waals surface area contributed by atoms with Crippen LogP contribution in [-0.2, 0) is 19.1 Å². The van der Waals surface area contributed by atoms with Crippen molar-refractivity contribution in [2.75, 3.05) is 13.2 Å². The molecule has 0 bridgehead atoms. The lowest BCUT2D eigenvalue weighted by Crippen LogP contribution is -2.37. The number of hydrogen-bond acceptors (Lipinski definition) is 9. The van der Waals surface area contributed by atoms with Gasteiger partial charge in [-0.1, -0.05) is 38.1 Å². The largest absolute Gasteiger partial charge is 0.465 e. The van der Waals surface area contributed by atoms with Crippen LogP contribution in [0, 0.1) is 5.92 Å². The molecule has 1 aromatic carbocycles. The SMILES string of the molecule is CC(C)[C@H](N)C(=O)OCCCOC(=O)CC(=O)c1cc2c(o1)C(=O)c1ccccc1C2=O. The number of furan rings is 1. The fraction of sp³-hybridized carbons (Fsp3) is 0.348. The Kier molecular flexibility index (Phi) is 6.99. The maximum Gasteiger partial charge on any atom is 0.323 e. The van der Waals surface area contributed by atoms with E-state index < -0.39 is 41.8 Å². The summed E-state index contributed by atoms with van der Waals surface area (Å²) in [6, 6.07) is 6.75. The second kappa shape index (κ2) is 9.69. The van der Waals surface area contributed by atoms with Crippen molar-refractivity contribution in [3.05, 3.63) is 58.5 Å². The summed E-state index contributed by atoms with van der Waals surface area (Å²) in [7, 11) is 0. The van der Waals surface area contributed by atoms with Crippen LogP contribution in [0.3, 0.4) is 0 Å². The quantitative estimate of drug-likeness (QED) is 0.228. The molecule has 0 aliphatic heterocycles. The smallest absolute Gasteiger partial charge is 0.323 e. The fourth-order valence-corrected chi connectivity index (χ4v) is 3.07. The zero-order valence-corrected chi connectivity index (χ0v) is 17.7. The van der Waals surface area contributed by atoms with E-state index in [1.54, 1.807) is 26.0 Å². The van der Waals surface area contributed by atoms with E-state index in [1.807, 2.05) is 0 Å². The van der Waals surface area contributed by atoms with Gasteiger partial charge in [-0.3, -0.25) is 24.0 Å². The number of carbonyl (C=O) groups excluding carboxylic acids is 5. The lowest BCUT2D eigenvalue weighted by Gasteiger charge is -2.14. The van der Waals surface area contributed by atoms with Gasteiger partial charge in [0.1, 0.15) is 12.5 Å². The van der Waals surface area contributed by atoms with E-state index in [9.17, 15) is 24.0 Å². The summed E-state index contributed by atoms with van der Waals surface area (Å²) < 4.78 is 15.3. The highest BCUT2D eigenvalue weighted by Crippen LogP contribution is 2.30. The Bertz CT molecular complexity index is 1030. The molecule has 0 radical (unpaired) electrons. The van der Waals surface area contributed by atoms with Crippen molar-refractivity contribution in [3.8, 4) is 0 Å². The van der Waals surface area contributed by atoms with Crippen LogP contribution in [0.5, 0.6) is 0 Å². The molecule has 1 aliphatic carbocycles. The normalized spacial score (nSPS) is 13.4. The first-order valence-electron chi connectivity index (χ1n) is 10.1. The Morgan fingerprint density at radius 2 is 1.59 bits per heavy atom. The molecule has 168 valence electrons. The van der Waals surface area contributed by atoms with Gasteiger partial charge in [0, 0.05) is 17.5 Å². The highest BCUT2D eigenvalue weighted by molar-refractivity contribution is 6.28. The summed E-state index contributed by atoms with van der Waals surface area (Å²) in [5, 5.41) is 0. The first-order chi connectivity index (χ1) is 15.2. The predicted molar refractivity (Wildman–Crippen MR) is 110 cm³/mol. The number of hydrogen-bond donors (Lipinski definition) is 1. The highest BCUT2D eigenvalue weighted by atomic mass is 16.5. The van der Waals surface area contributed by atoms with Gasteiger partial charge in [0.05, 0.1) is 18.8 Å². The van der Waals surface area contributed by atoms with E-state index in [1.165, 1.54) is 18.2 Å². The molecule has 0 amide bonds. The minimum absolute atomic E-state index is 0.00756. The number of ketones is 3. The van der Waals surface area contributed by atoms with E-state index in [0.717, 1.165) is 0 Å². The Balaban J connectivity index is 1.51. The average molecular weight is 441 g/mol. The average Bonchev–Trinajstić information content (AvgIpc) is 3.22. The Morgan fingerprint density at radius 3 is 2.25 bits per heavy atom. The van der Waals surface area contributed by atoms with Crippen molar-refractivity contribution in [1.29, 1.82) is 0 Å². The summed E-state index contributed by atoms with van der Waals surface area (Å²) in [5.41, 5.74) is 6.09. The number of rotatable bonds is 9. The molecule has 0 spiro atoms. The van der Waals surface area contributed by atoms with E-state index in [2.05, 4.69) is 0 Å². The molecule has 2 aromatic rings. The number of nitrogens with two attached hydrogens (primary N) is 1. The molecule has 0 saturated heterocycles. The molecule has 0 fully saturated rings. The van der Waals surface area contributed by atoms with Gasteiger partial charge in [-0.2, -0.15) is 0 Å². The van der Waals surface area contributed by atoms with Crippen LogP contribution in [0.25, 0.3) is 0 Å². The monoisotopic (exact) mass is 441 g/mol. The molecule has 0 unspecified atom stereocenters. The Hall–Kier alpha value is -3.59. The molecule has 1 heterocycles. The van der Waals surface area contributed by atoms with Crippen LogP contribution in [0.4, 0.5) is 0 Å². The molecule has 3 rings (SSSR count). The number of benzene rings is 1. The molecular weight excluding hydrogens is 418 g/mol. The van der Waals surface area contributed by atoms with Gasteiger partial charge >= 0.3 is 11.9 Å². The van der Waals surface area contributed by atoms with Gasteiger partial charge < -0.3 is 19.6 Å². The number of esters is 2. The van der Waals surface area contributed by atoms with Gasteiger partial charge in [-0.25, -0.2) is 0 Å². The van der Waals surface area contributed by atoms with Crippen LogP contribution in [0.2, 0.25) is 0 Å². The van der Waals surface area contributed by atoms with E-state index in [0.29, 0.717) is 0 Å². The van der Waals surface area contributed by atoms with Crippen molar-refractivity contribution in [3.63, 3.8) is 0 Å². The second-order valence-electron chi connectivity index (χ2n) is 7.67. The van der Waals surface area contributed by atoms with Crippen LogP contribution in [0.15, 0.2) is 34.7 Å². The third kappa shape index (κ3) is 4.83. The maximum atomic E-state index is 12.6. The van der Waals surface area contributed by atoms with Crippen molar-refractivity contribution in [1.82, 2.24) is 0 Å². The van der Waals surface area contributed by atoms with Crippen molar-refractivity contribution in [2.45, 2.75) is 32.7 Å². The molecule has 9 nitrogen and oxygen atoms in total. The van der Waals surface area contributed by atoms with E-state index >= 15 is 0 Å². The van der Waals surface area contributed by atoms with Crippen molar-refractivity contribution >= 4 is 29.3 Å². The molecule has 1 atom stereocenters. The first-order valence-corrected chi connectivity index (χ1v) is 10.1. The molecule has 2 N–H and O–H groups in total. The minimum Gasteiger partial charge on any atom is -0.465 e. The van der Waals surface area contributed by atoms with Crippen LogP contribution < -0.4 is 5.73 Å². The van der Waals surface area contributed by atoms with Gasteiger partial charge in [-0.15, -0.1) is 0 Å². The number of ether oxygens (including phenoxy) is 2. The third-order valence-electron chi connectivity index (χ3n) is 4.97. The van der Waals surface area contributed by atoms with Crippen LogP contribution in [-0.4, -0.2) is 48.5 Å². The number of carbonyl (C=O) groups is 5. The van der Waals surface area contributed by atoms with Crippen molar-refractivity contribution in [2.24, 2.45) is 11.7 Å².